The number of carbonyl (C=O) groups excluding carboxylic acids is 1. The number of rotatable bonds is 8. The first-order valence-corrected chi connectivity index (χ1v) is 10.5. The zero-order chi connectivity index (χ0) is 19.8. The van der Waals surface area contributed by atoms with Crippen LogP contribution in [0.25, 0.3) is 11.1 Å². The van der Waals surface area contributed by atoms with Crippen molar-refractivity contribution in [3.05, 3.63) is 59.7 Å². The Hall–Kier alpha value is -2.17. The van der Waals surface area contributed by atoms with Crippen LogP contribution >= 0.6 is 0 Å². The molecule has 0 aliphatic carbocycles. The topological polar surface area (TPSA) is 41.6 Å². The number of hydrogen-bond donors (Lipinski definition) is 1. The summed E-state index contributed by atoms with van der Waals surface area (Å²) in [5, 5.41) is 3.02. The molecule has 1 saturated heterocycles. The summed E-state index contributed by atoms with van der Waals surface area (Å²) >= 11 is 0. The van der Waals surface area contributed by atoms with Gasteiger partial charge in [-0.15, -0.1) is 0 Å². The third kappa shape index (κ3) is 5.43. The molecule has 1 aliphatic rings. The molecule has 2 aromatic rings. The summed E-state index contributed by atoms with van der Waals surface area (Å²) in [5.74, 6) is 0.626. The minimum atomic E-state index is -0.0103. The smallest absolute Gasteiger partial charge is 0.251 e. The van der Waals surface area contributed by atoms with Gasteiger partial charge in [0.05, 0.1) is 13.2 Å². The monoisotopic (exact) mass is 380 g/mol. The van der Waals surface area contributed by atoms with Crippen molar-refractivity contribution in [2.75, 3.05) is 39.4 Å². The number of hydrogen-bond acceptors (Lipinski definition) is 3. The normalized spacial score (nSPS) is 15.0. The number of morpholine rings is 1. The third-order valence-corrected chi connectivity index (χ3v) is 5.67. The average Bonchev–Trinajstić information content (AvgIpc) is 2.76. The second-order valence-electron chi connectivity index (χ2n) is 7.42. The molecule has 0 radical (unpaired) electrons. The fraction of sp³-hybridized carbons (Fsp3) is 0.458. The molecule has 1 amide bonds. The molecule has 3 rings (SSSR count). The fourth-order valence-corrected chi connectivity index (χ4v) is 3.78. The van der Waals surface area contributed by atoms with E-state index in [1.807, 2.05) is 24.3 Å². The molecule has 1 heterocycles. The lowest BCUT2D eigenvalue weighted by atomic mass is 9.92. The Kier molecular flexibility index (Phi) is 7.63. The van der Waals surface area contributed by atoms with Gasteiger partial charge in [0.15, 0.2) is 0 Å². The second kappa shape index (κ2) is 10.4. The minimum Gasteiger partial charge on any atom is -0.379 e. The molecule has 2 aromatic carbocycles. The van der Waals surface area contributed by atoms with E-state index >= 15 is 0 Å². The molecule has 4 nitrogen and oxygen atoms in total. The van der Waals surface area contributed by atoms with Crippen LogP contribution in [0.1, 0.15) is 48.5 Å². The van der Waals surface area contributed by atoms with Gasteiger partial charge in [0.2, 0.25) is 0 Å². The Morgan fingerprint density at radius 3 is 2.11 bits per heavy atom. The van der Waals surface area contributed by atoms with Crippen molar-refractivity contribution in [1.29, 1.82) is 0 Å². The maximum absolute atomic E-state index is 12.4. The molecular weight excluding hydrogens is 348 g/mol. The van der Waals surface area contributed by atoms with Gasteiger partial charge >= 0.3 is 0 Å². The quantitative estimate of drug-likeness (QED) is 0.742. The molecule has 1 fully saturated rings. The highest BCUT2D eigenvalue weighted by molar-refractivity contribution is 5.94. The lowest BCUT2D eigenvalue weighted by Crippen LogP contribution is -2.41. The van der Waals surface area contributed by atoms with E-state index in [2.05, 4.69) is 48.3 Å². The van der Waals surface area contributed by atoms with Gasteiger partial charge in [-0.05, 0) is 47.6 Å². The van der Waals surface area contributed by atoms with Crippen LogP contribution in [0.4, 0.5) is 0 Å². The summed E-state index contributed by atoms with van der Waals surface area (Å²) in [5.41, 5.74) is 4.44. The SMILES string of the molecule is CCC(CC)c1ccc(-c2ccc(C(=O)NCCN3CCOCC3)cc2)cc1. The van der Waals surface area contributed by atoms with E-state index in [1.54, 1.807) is 0 Å². The van der Waals surface area contributed by atoms with Crippen LogP contribution in [0.2, 0.25) is 0 Å². The molecule has 4 heteroatoms. The summed E-state index contributed by atoms with van der Waals surface area (Å²) < 4.78 is 5.34. The van der Waals surface area contributed by atoms with Crippen LogP contribution in [0.15, 0.2) is 48.5 Å². The van der Waals surface area contributed by atoms with E-state index in [1.165, 1.54) is 24.0 Å². The zero-order valence-corrected chi connectivity index (χ0v) is 17.1. The van der Waals surface area contributed by atoms with Gasteiger partial charge in [0, 0.05) is 31.7 Å². The first-order valence-electron chi connectivity index (χ1n) is 10.5. The van der Waals surface area contributed by atoms with E-state index in [4.69, 9.17) is 4.74 Å². The standard InChI is InChI=1S/C24H32N2O2/c1-3-19(4-2)20-5-7-21(8-6-20)22-9-11-23(12-10-22)24(27)25-13-14-26-15-17-28-18-16-26/h5-12,19H,3-4,13-18H2,1-2H3,(H,25,27). The Balaban J connectivity index is 1.54. The number of amides is 1. The van der Waals surface area contributed by atoms with Crippen molar-refractivity contribution in [2.24, 2.45) is 0 Å². The Labute approximate surface area is 168 Å². The van der Waals surface area contributed by atoms with Gasteiger partial charge in [-0.25, -0.2) is 0 Å². The van der Waals surface area contributed by atoms with Crippen molar-refractivity contribution in [3.63, 3.8) is 0 Å². The number of benzene rings is 2. The number of nitrogens with zero attached hydrogens (tertiary/aromatic N) is 1. The van der Waals surface area contributed by atoms with Crippen molar-refractivity contribution >= 4 is 5.91 Å². The summed E-state index contributed by atoms with van der Waals surface area (Å²) in [7, 11) is 0. The van der Waals surface area contributed by atoms with Crippen LogP contribution in [-0.4, -0.2) is 50.2 Å². The predicted octanol–water partition coefficient (Wildman–Crippen LogP) is 4.32. The molecule has 28 heavy (non-hydrogen) atoms. The van der Waals surface area contributed by atoms with Gasteiger partial charge in [-0.2, -0.15) is 0 Å². The molecule has 0 atom stereocenters. The van der Waals surface area contributed by atoms with Gasteiger partial charge in [0.25, 0.3) is 5.91 Å². The predicted molar refractivity (Wildman–Crippen MR) is 115 cm³/mol. The lowest BCUT2D eigenvalue weighted by molar-refractivity contribution is 0.0383. The van der Waals surface area contributed by atoms with Crippen LogP contribution in [0.5, 0.6) is 0 Å². The largest absolute Gasteiger partial charge is 0.379 e. The Morgan fingerprint density at radius 2 is 1.54 bits per heavy atom. The zero-order valence-electron chi connectivity index (χ0n) is 17.1. The van der Waals surface area contributed by atoms with Crippen molar-refractivity contribution in [1.82, 2.24) is 10.2 Å². The van der Waals surface area contributed by atoms with Crippen LogP contribution < -0.4 is 5.32 Å². The molecule has 1 aliphatic heterocycles. The van der Waals surface area contributed by atoms with E-state index < -0.39 is 0 Å². The average molecular weight is 381 g/mol. The van der Waals surface area contributed by atoms with Crippen molar-refractivity contribution < 1.29 is 9.53 Å². The number of nitrogens with one attached hydrogen (secondary N) is 1. The Bertz CT molecular complexity index is 730. The van der Waals surface area contributed by atoms with E-state index in [-0.39, 0.29) is 5.91 Å². The van der Waals surface area contributed by atoms with E-state index in [9.17, 15) is 4.79 Å². The minimum absolute atomic E-state index is 0.0103. The Morgan fingerprint density at radius 1 is 0.964 bits per heavy atom. The van der Waals surface area contributed by atoms with Crippen molar-refractivity contribution in [2.45, 2.75) is 32.6 Å². The number of ether oxygens (including phenoxy) is 1. The summed E-state index contributed by atoms with van der Waals surface area (Å²) in [6.45, 7) is 9.48. The highest BCUT2D eigenvalue weighted by Gasteiger charge is 2.11. The molecule has 0 spiro atoms. The van der Waals surface area contributed by atoms with Gasteiger partial charge in [-0.1, -0.05) is 50.2 Å². The number of carbonyl (C=O) groups is 1. The summed E-state index contributed by atoms with van der Waals surface area (Å²) in [6, 6.07) is 16.7. The molecular formula is C24H32N2O2. The maximum atomic E-state index is 12.4. The van der Waals surface area contributed by atoms with Crippen LogP contribution in [0.3, 0.4) is 0 Å². The van der Waals surface area contributed by atoms with Gasteiger partial charge < -0.3 is 10.1 Å². The fourth-order valence-electron chi connectivity index (χ4n) is 3.78. The molecule has 0 aromatic heterocycles. The molecule has 150 valence electrons. The summed E-state index contributed by atoms with van der Waals surface area (Å²) in [4.78, 5) is 14.7. The second-order valence-corrected chi connectivity index (χ2v) is 7.42. The van der Waals surface area contributed by atoms with Crippen LogP contribution in [0, 0.1) is 0 Å². The summed E-state index contributed by atoms with van der Waals surface area (Å²) in [6.07, 6.45) is 2.34. The third-order valence-electron chi connectivity index (χ3n) is 5.67. The first kappa shape index (κ1) is 20.6. The van der Waals surface area contributed by atoms with Gasteiger partial charge in [0.1, 0.15) is 0 Å². The molecule has 1 N–H and O–H groups in total. The highest BCUT2D eigenvalue weighted by Crippen LogP contribution is 2.26. The van der Waals surface area contributed by atoms with Gasteiger partial charge in [-0.3, -0.25) is 9.69 Å². The van der Waals surface area contributed by atoms with Crippen molar-refractivity contribution in [3.8, 4) is 11.1 Å². The van der Waals surface area contributed by atoms with Crippen LogP contribution in [-0.2, 0) is 4.74 Å². The maximum Gasteiger partial charge on any atom is 0.251 e. The van der Waals surface area contributed by atoms with E-state index in [0.29, 0.717) is 18.0 Å². The van der Waals surface area contributed by atoms with E-state index in [0.717, 1.165) is 38.4 Å². The first-order chi connectivity index (χ1) is 13.7. The molecule has 0 bridgehead atoms. The highest BCUT2D eigenvalue weighted by atomic mass is 16.5. The molecule has 0 unspecified atom stereocenters. The molecule has 0 saturated carbocycles. The lowest BCUT2D eigenvalue weighted by Gasteiger charge is -2.26.